The van der Waals surface area contributed by atoms with Crippen LogP contribution in [0.4, 0.5) is 0 Å². The van der Waals surface area contributed by atoms with E-state index in [2.05, 4.69) is 16.2 Å². The number of para-hydroxylation sites is 2. The van der Waals surface area contributed by atoms with Crippen molar-refractivity contribution in [2.24, 2.45) is 0 Å². The van der Waals surface area contributed by atoms with Crippen molar-refractivity contribution in [3.05, 3.63) is 54.1 Å². The third-order valence-corrected chi connectivity index (χ3v) is 4.20. The number of carbonyl (C=O) groups excluding carboxylic acids is 1. The number of methoxy groups -OCH3 is 1. The molecule has 0 fully saturated rings. The van der Waals surface area contributed by atoms with Crippen molar-refractivity contribution in [2.75, 3.05) is 20.3 Å². The predicted octanol–water partition coefficient (Wildman–Crippen LogP) is 1.57. The Kier molecular flexibility index (Phi) is 6.32. The molecule has 27 heavy (non-hydrogen) atoms. The molecule has 0 unspecified atom stereocenters. The number of rotatable bonds is 5. The maximum absolute atomic E-state index is 12.2. The molecule has 0 radical (unpaired) electrons. The van der Waals surface area contributed by atoms with Gasteiger partial charge in [0.05, 0.1) is 7.11 Å². The van der Waals surface area contributed by atoms with Gasteiger partial charge in [-0.1, -0.05) is 24.3 Å². The molecule has 0 bridgehead atoms. The number of hydrogen-bond donors (Lipinski definition) is 3. The summed E-state index contributed by atoms with van der Waals surface area (Å²) in [7, 11) is 1.64. The topological polar surface area (TPSA) is 80.9 Å². The van der Waals surface area contributed by atoms with Crippen LogP contribution in [-0.4, -0.2) is 37.4 Å². The van der Waals surface area contributed by atoms with E-state index in [0.29, 0.717) is 23.2 Å². The molecule has 0 saturated heterocycles. The van der Waals surface area contributed by atoms with E-state index in [9.17, 15) is 4.79 Å². The van der Waals surface area contributed by atoms with Gasteiger partial charge in [0.15, 0.2) is 16.6 Å². The molecule has 0 aromatic heterocycles. The summed E-state index contributed by atoms with van der Waals surface area (Å²) >= 11 is 5.16. The fourth-order valence-corrected chi connectivity index (χ4v) is 2.66. The van der Waals surface area contributed by atoms with Gasteiger partial charge in [-0.05, 0) is 48.5 Å². The molecule has 1 atom stereocenters. The maximum Gasteiger partial charge on any atom is 0.283 e. The van der Waals surface area contributed by atoms with Crippen molar-refractivity contribution in [1.29, 1.82) is 0 Å². The van der Waals surface area contributed by atoms with Crippen molar-refractivity contribution in [1.82, 2.24) is 16.2 Å². The molecular weight excluding hydrogens is 366 g/mol. The van der Waals surface area contributed by atoms with E-state index in [1.54, 1.807) is 19.2 Å². The van der Waals surface area contributed by atoms with Gasteiger partial charge in [-0.2, -0.15) is 0 Å². The first kappa shape index (κ1) is 18.8. The van der Waals surface area contributed by atoms with E-state index in [0.717, 1.165) is 17.7 Å². The minimum absolute atomic E-state index is 0.141. The van der Waals surface area contributed by atoms with Gasteiger partial charge < -0.3 is 19.5 Å². The van der Waals surface area contributed by atoms with E-state index in [1.165, 1.54) is 0 Å². The Morgan fingerprint density at radius 1 is 1.15 bits per heavy atom. The van der Waals surface area contributed by atoms with Gasteiger partial charge in [0, 0.05) is 6.54 Å². The largest absolute Gasteiger partial charge is 0.497 e. The van der Waals surface area contributed by atoms with Crippen molar-refractivity contribution < 1.29 is 19.0 Å². The first-order chi connectivity index (χ1) is 13.2. The SMILES string of the molecule is COc1ccc(CCNC(=S)NNC(=O)[C@H]2COc3ccccc3O2)cc1. The van der Waals surface area contributed by atoms with Gasteiger partial charge >= 0.3 is 0 Å². The Morgan fingerprint density at radius 3 is 2.63 bits per heavy atom. The zero-order valence-corrected chi connectivity index (χ0v) is 15.7. The maximum atomic E-state index is 12.2. The molecule has 0 aliphatic carbocycles. The van der Waals surface area contributed by atoms with E-state index >= 15 is 0 Å². The molecule has 3 N–H and O–H groups in total. The fourth-order valence-electron chi connectivity index (χ4n) is 2.50. The number of hydrogen-bond acceptors (Lipinski definition) is 5. The molecule has 142 valence electrons. The number of benzene rings is 2. The second-order valence-electron chi connectivity index (χ2n) is 5.83. The number of nitrogens with one attached hydrogen (secondary N) is 3. The molecule has 0 saturated carbocycles. The smallest absolute Gasteiger partial charge is 0.283 e. The first-order valence-electron chi connectivity index (χ1n) is 8.51. The third kappa shape index (κ3) is 5.24. The van der Waals surface area contributed by atoms with E-state index in [-0.39, 0.29) is 12.5 Å². The average molecular weight is 387 g/mol. The second kappa shape index (κ2) is 9.09. The highest BCUT2D eigenvalue weighted by Crippen LogP contribution is 2.30. The summed E-state index contributed by atoms with van der Waals surface area (Å²) in [5, 5.41) is 3.36. The fraction of sp³-hybridized carbons (Fsp3) is 0.263. The minimum Gasteiger partial charge on any atom is -0.497 e. The standard InChI is InChI=1S/C19H21N3O4S/c1-24-14-8-6-13(7-9-14)10-11-20-19(27)22-21-18(23)17-12-25-15-4-2-3-5-16(15)26-17/h2-9,17H,10-12H2,1H3,(H,21,23)(H2,20,22,27)/t17-/m1/s1. The van der Waals surface area contributed by atoms with Crippen molar-refractivity contribution in [3.63, 3.8) is 0 Å². The van der Waals surface area contributed by atoms with Gasteiger partial charge in [0.2, 0.25) is 6.10 Å². The summed E-state index contributed by atoms with van der Waals surface area (Å²) < 4.78 is 16.3. The van der Waals surface area contributed by atoms with E-state index in [1.807, 2.05) is 36.4 Å². The van der Waals surface area contributed by atoms with Gasteiger partial charge in [0.1, 0.15) is 12.4 Å². The quantitative estimate of drug-likeness (QED) is 0.531. The Balaban J connectivity index is 1.37. The van der Waals surface area contributed by atoms with Crippen LogP contribution in [0.2, 0.25) is 0 Å². The lowest BCUT2D eigenvalue weighted by molar-refractivity contribution is -0.130. The van der Waals surface area contributed by atoms with Crippen molar-refractivity contribution in [2.45, 2.75) is 12.5 Å². The summed E-state index contributed by atoms with van der Waals surface area (Å²) in [5.74, 6) is 1.64. The Labute approximate surface area is 163 Å². The molecule has 1 aliphatic rings. The summed E-state index contributed by atoms with van der Waals surface area (Å²) in [6.45, 7) is 0.770. The van der Waals surface area contributed by atoms with Crippen LogP contribution >= 0.6 is 12.2 Å². The van der Waals surface area contributed by atoms with Crippen LogP contribution in [0.1, 0.15) is 5.56 Å². The van der Waals surface area contributed by atoms with E-state index < -0.39 is 6.10 Å². The number of amides is 1. The molecule has 3 rings (SSSR count). The number of hydrazine groups is 1. The third-order valence-electron chi connectivity index (χ3n) is 3.96. The molecule has 0 spiro atoms. The molecule has 7 nitrogen and oxygen atoms in total. The summed E-state index contributed by atoms with van der Waals surface area (Å²) in [5.41, 5.74) is 6.36. The minimum atomic E-state index is -0.741. The lowest BCUT2D eigenvalue weighted by Crippen LogP contribution is -2.53. The van der Waals surface area contributed by atoms with Crippen LogP contribution in [0.25, 0.3) is 0 Å². The van der Waals surface area contributed by atoms with E-state index in [4.69, 9.17) is 26.4 Å². The summed E-state index contributed by atoms with van der Waals surface area (Å²) in [4.78, 5) is 12.2. The van der Waals surface area contributed by atoms with Crippen LogP contribution in [0, 0.1) is 0 Å². The van der Waals surface area contributed by atoms with Gasteiger partial charge in [-0.15, -0.1) is 0 Å². The number of carbonyl (C=O) groups is 1. The lowest BCUT2D eigenvalue weighted by atomic mass is 10.1. The number of ether oxygens (including phenoxy) is 3. The van der Waals surface area contributed by atoms with Crippen LogP contribution in [-0.2, 0) is 11.2 Å². The van der Waals surface area contributed by atoms with Gasteiger partial charge in [-0.25, -0.2) is 0 Å². The predicted molar refractivity (Wildman–Crippen MR) is 105 cm³/mol. The molecule has 2 aromatic carbocycles. The number of thiocarbonyl (C=S) groups is 1. The lowest BCUT2D eigenvalue weighted by Gasteiger charge is -2.25. The molecule has 2 aromatic rings. The number of fused-ring (bicyclic) bond motifs is 1. The highest BCUT2D eigenvalue weighted by atomic mass is 32.1. The van der Waals surface area contributed by atoms with Gasteiger partial charge in [-0.3, -0.25) is 15.6 Å². The van der Waals surface area contributed by atoms with Gasteiger partial charge in [0.25, 0.3) is 5.91 Å². The molecule has 1 amide bonds. The van der Waals surface area contributed by atoms with Crippen LogP contribution in [0.5, 0.6) is 17.2 Å². The first-order valence-corrected chi connectivity index (χ1v) is 8.91. The van der Waals surface area contributed by atoms with Crippen LogP contribution in [0.15, 0.2) is 48.5 Å². The Morgan fingerprint density at radius 2 is 1.89 bits per heavy atom. The van der Waals surface area contributed by atoms with Crippen molar-refractivity contribution >= 4 is 23.2 Å². The zero-order valence-electron chi connectivity index (χ0n) is 14.9. The summed E-state index contributed by atoms with van der Waals surface area (Å²) in [6, 6.07) is 15.0. The highest BCUT2D eigenvalue weighted by Gasteiger charge is 2.27. The average Bonchev–Trinajstić information content (AvgIpc) is 2.72. The molecule has 8 heteroatoms. The second-order valence-corrected chi connectivity index (χ2v) is 6.24. The monoisotopic (exact) mass is 387 g/mol. The Hall–Kier alpha value is -3.00. The van der Waals surface area contributed by atoms with Crippen LogP contribution in [0.3, 0.4) is 0 Å². The molecule has 1 heterocycles. The highest BCUT2D eigenvalue weighted by molar-refractivity contribution is 7.80. The molecule has 1 aliphatic heterocycles. The summed E-state index contributed by atoms with van der Waals surface area (Å²) in [6.07, 6.45) is 0.0466. The Bertz CT molecular complexity index is 798. The zero-order chi connectivity index (χ0) is 19.1. The van der Waals surface area contributed by atoms with Crippen LogP contribution < -0.4 is 30.4 Å². The molecular formula is C19H21N3O4S. The van der Waals surface area contributed by atoms with Crippen molar-refractivity contribution in [3.8, 4) is 17.2 Å². The normalized spacial score (nSPS) is 14.8.